The molecule has 0 radical (unpaired) electrons. The number of rotatable bonds is 11. The highest BCUT2D eigenvalue weighted by Crippen LogP contribution is 2.34. The highest BCUT2D eigenvalue weighted by molar-refractivity contribution is 6.10. The zero-order valence-corrected chi connectivity index (χ0v) is 19.1. The van der Waals surface area contributed by atoms with Gasteiger partial charge in [0, 0.05) is 31.6 Å². The van der Waals surface area contributed by atoms with E-state index in [0.29, 0.717) is 31.4 Å². The van der Waals surface area contributed by atoms with Crippen LogP contribution in [0.2, 0.25) is 0 Å². The summed E-state index contributed by atoms with van der Waals surface area (Å²) in [6, 6.07) is 10.8. The lowest BCUT2D eigenvalue weighted by Crippen LogP contribution is -2.31. The Morgan fingerprint density at radius 3 is 2.57 bits per heavy atom. The molecule has 1 aromatic carbocycles. The first-order chi connectivity index (χ1) is 14.5. The van der Waals surface area contributed by atoms with Crippen molar-refractivity contribution in [1.82, 2.24) is 19.4 Å². The van der Waals surface area contributed by atoms with Gasteiger partial charge in [-0.05, 0) is 52.0 Å². The number of para-hydroxylation sites is 1. The molecule has 0 unspecified atom stereocenters. The summed E-state index contributed by atoms with van der Waals surface area (Å²) in [5.74, 6) is -0.0127. The van der Waals surface area contributed by atoms with E-state index in [1.165, 1.54) is 10.9 Å². The molecule has 164 valence electrons. The minimum Gasteiger partial charge on any atom is -0.383 e. The van der Waals surface area contributed by atoms with Gasteiger partial charge in [-0.25, -0.2) is 0 Å². The number of ether oxygens (including phenoxy) is 1. The van der Waals surface area contributed by atoms with E-state index < -0.39 is 0 Å². The first-order valence-corrected chi connectivity index (χ1v) is 11.1. The Morgan fingerprint density at radius 1 is 1.17 bits per heavy atom. The van der Waals surface area contributed by atoms with Gasteiger partial charge in [-0.1, -0.05) is 32.0 Å². The van der Waals surface area contributed by atoms with Crippen LogP contribution < -0.4 is 5.32 Å². The van der Waals surface area contributed by atoms with Crippen LogP contribution in [0.1, 0.15) is 50.6 Å². The third-order valence-corrected chi connectivity index (χ3v) is 5.85. The lowest BCUT2D eigenvalue weighted by Gasteiger charge is -2.17. The molecule has 3 aromatic rings. The van der Waals surface area contributed by atoms with Crippen LogP contribution in [0.25, 0.3) is 21.9 Å². The van der Waals surface area contributed by atoms with Crippen LogP contribution in [-0.2, 0) is 11.3 Å². The van der Waals surface area contributed by atoms with E-state index in [-0.39, 0.29) is 5.91 Å². The van der Waals surface area contributed by atoms with Gasteiger partial charge < -0.3 is 24.1 Å². The van der Waals surface area contributed by atoms with E-state index in [4.69, 9.17) is 4.74 Å². The first-order valence-electron chi connectivity index (χ1n) is 11.1. The van der Waals surface area contributed by atoms with Gasteiger partial charge in [-0.2, -0.15) is 0 Å². The molecule has 0 fully saturated rings. The lowest BCUT2D eigenvalue weighted by atomic mass is 10.2. The standard InChI is InChI=1S/C24H36N4O2/c1-6-26(7-2)14-10-13-25-24(29)22-17-21-23(27(22)15-16-30-5)19-11-8-9-12-20(19)28(21)18(3)4/h8-9,11-12,17-18H,6-7,10,13-16H2,1-5H3,(H,25,29). The summed E-state index contributed by atoms with van der Waals surface area (Å²) in [6.45, 7) is 13.7. The topological polar surface area (TPSA) is 51.4 Å². The summed E-state index contributed by atoms with van der Waals surface area (Å²) in [4.78, 5) is 15.5. The fourth-order valence-electron chi connectivity index (χ4n) is 4.31. The number of carbonyl (C=O) groups excluding carboxylic acids is 1. The largest absolute Gasteiger partial charge is 0.383 e. The molecular formula is C24H36N4O2. The zero-order valence-electron chi connectivity index (χ0n) is 19.1. The normalized spacial score (nSPS) is 12.0. The second-order valence-electron chi connectivity index (χ2n) is 8.03. The van der Waals surface area contributed by atoms with Crippen molar-refractivity contribution in [1.29, 1.82) is 0 Å². The Hall–Kier alpha value is -2.31. The highest BCUT2D eigenvalue weighted by atomic mass is 16.5. The van der Waals surface area contributed by atoms with Crippen molar-refractivity contribution in [3.63, 3.8) is 0 Å². The summed E-state index contributed by atoms with van der Waals surface area (Å²) in [7, 11) is 1.70. The highest BCUT2D eigenvalue weighted by Gasteiger charge is 2.22. The molecular weight excluding hydrogens is 376 g/mol. The Morgan fingerprint density at radius 2 is 1.90 bits per heavy atom. The van der Waals surface area contributed by atoms with Crippen molar-refractivity contribution in [3.8, 4) is 0 Å². The summed E-state index contributed by atoms with van der Waals surface area (Å²) in [5, 5.41) is 4.31. The van der Waals surface area contributed by atoms with Crippen molar-refractivity contribution in [3.05, 3.63) is 36.0 Å². The van der Waals surface area contributed by atoms with Crippen molar-refractivity contribution in [2.45, 2.75) is 46.7 Å². The van der Waals surface area contributed by atoms with E-state index in [1.54, 1.807) is 7.11 Å². The number of carbonyl (C=O) groups is 1. The van der Waals surface area contributed by atoms with Crippen molar-refractivity contribution in [2.24, 2.45) is 0 Å². The zero-order chi connectivity index (χ0) is 21.7. The van der Waals surface area contributed by atoms with Crippen LogP contribution in [-0.4, -0.2) is 59.8 Å². The number of aromatic nitrogens is 2. The predicted molar refractivity (Wildman–Crippen MR) is 124 cm³/mol. The second kappa shape index (κ2) is 10.1. The Bertz CT molecular complexity index is 982. The molecule has 0 atom stereocenters. The number of amides is 1. The fraction of sp³-hybridized carbons (Fsp3) is 0.542. The van der Waals surface area contributed by atoms with E-state index >= 15 is 0 Å². The predicted octanol–water partition coefficient (Wildman–Crippen LogP) is 4.29. The average Bonchev–Trinajstić information content (AvgIpc) is 3.26. The first kappa shape index (κ1) is 22.4. The van der Waals surface area contributed by atoms with Crippen LogP contribution in [0.15, 0.2) is 30.3 Å². The van der Waals surface area contributed by atoms with Gasteiger partial charge in [0.15, 0.2) is 0 Å². The number of fused-ring (bicyclic) bond motifs is 3. The van der Waals surface area contributed by atoms with Gasteiger partial charge >= 0.3 is 0 Å². The maximum Gasteiger partial charge on any atom is 0.268 e. The molecule has 6 nitrogen and oxygen atoms in total. The maximum atomic E-state index is 13.1. The summed E-state index contributed by atoms with van der Waals surface area (Å²) in [5.41, 5.74) is 4.13. The SMILES string of the molecule is CCN(CC)CCCNC(=O)c1cc2c(c3ccccc3n2C(C)C)n1CCOC. The molecule has 0 aliphatic rings. The quantitative estimate of drug-likeness (QED) is 0.478. The Labute approximate surface area is 179 Å². The van der Waals surface area contributed by atoms with E-state index in [1.807, 2.05) is 6.07 Å². The van der Waals surface area contributed by atoms with Gasteiger partial charge in [0.05, 0.1) is 23.2 Å². The number of hydrogen-bond donors (Lipinski definition) is 1. The van der Waals surface area contributed by atoms with Crippen LogP contribution in [0.3, 0.4) is 0 Å². The van der Waals surface area contributed by atoms with E-state index in [0.717, 1.165) is 37.1 Å². The lowest BCUT2D eigenvalue weighted by molar-refractivity contribution is 0.0940. The maximum absolute atomic E-state index is 13.1. The monoisotopic (exact) mass is 412 g/mol. The molecule has 0 saturated heterocycles. The third-order valence-electron chi connectivity index (χ3n) is 5.85. The third kappa shape index (κ3) is 4.40. The average molecular weight is 413 g/mol. The molecule has 30 heavy (non-hydrogen) atoms. The number of methoxy groups -OCH3 is 1. The van der Waals surface area contributed by atoms with Gasteiger partial charge in [-0.3, -0.25) is 4.79 Å². The smallest absolute Gasteiger partial charge is 0.268 e. The van der Waals surface area contributed by atoms with Gasteiger partial charge in [0.2, 0.25) is 0 Å². The van der Waals surface area contributed by atoms with Gasteiger partial charge in [-0.15, -0.1) is 0 Å². The van der Waals surface area contributed by atoms with Crippen LogP contribution in [0, 0.1) is 0 Å². The molecule has 0 aliphatic carbocycles. The number of nitrogens with zero attached hydrogens (tertiary/aromatic N) is 3. The molecule has 0 aliphatic heterocycles. The van der Waals surface area contributed by atoms with Crippen molar-refractivity contribution >= 4 is 27.8 Å². The minimum absolute atomic E-state index is 0.0127. The van der Waals surface area contributed by atoms with Crippen molar-refractivity contribution in [2.75, 3.05) is 39.9 Å². The van der Waals surface area contributed by atoms with E-state index in [2.05, 4.69) is 71.3 Å². The molecule has 1 N–H and O–H groups in total. The summed E-state index contributed by atoms with van der Waals surface area (Å²) in [6.07, 6.45) is 0.951. The fourth-order valence-corrected chi connectivity index (χ4v) is 4.31. The second-order valence-corrected chi connectivity index (χ2v) is 8.03. The van der Waals surface area contributed by atoms with Gasteiger partial charge in [0.1, 0.15) is 5.69 Å². The minimum atomic E-state index is -0.0127. The van der Waals surface area contributed by atoms with E-state index in [9.17, 15) is 4.79 Å². The van der Waals surface area contributed by atoms with Crippen LogP contribution >= 0.6 is 0 Å². The molecule has 0 bridgehead atoms. The molecule has 1 amide bonds. The molecule has 0 saturated carbocycles. The van der Waals surface area contributed by atoms with Crippen molar-refractivity contribution < 1.29 is 9.53 Å². The number of hydrogen-bond acceptors (Lipinski definition) is 3. The number of nitrogens with one attached hydrogen (secondary N) is 1. The van der Waals surface area contributed by atoms with Crippen LogP contribution in [0.5, 0.6) is 0 Å². The molecule has 0 spiro atoms. The molecule has 3 rings (SSSR count). The Balaban J connectivity index is 1.94. The van der Waals surface area contributed by atoms with Crippen LogP contribution in [0.4, 0.5) is 0 Å². The van der Waals surface area contributed by atoms with Gasteiger partial charge in [0.25, 0.3) is 5.91 Å². The number of benzene rings is 1. The summed E-state index contributed by atoms with van der Waals surface area (Å²) >= 11 is 0. The summed E-state index contributed by atoms with van der Waals surface area (Å²) < 4.78 is 9.80. The molecule has 6 heteroatoms. The molecule has 2 heterocycles. The Kier molecular flexibility index (Phi) is 7.56. The molecule has 2 aromatic heterocycles.